The third kappa shape index (κ3) is 5.45. The quantitative estimate of drug-likeness (QED) is 0.260. The molecule has 0 aliphatic carbocycles. The summed E-state index contributed by atoms with van der Waals surface area (Å²) in [4.78, 5) is 18.5. The number of nitrogens with zero attached hydrogens (tertiary/aromatic N) is 3. The summed E-state index contributed by atoms with van der Waals surface area (Å²) >= 11 is 1.58. The molecule has 2 heterocycles. The number of aryl methyl sites for hydroxylation is 2. The maximum Gasteiger partial charge on any atom is 0.255 e. The highest BCUT2D eigenvalue weighted by molar-refractivity contribution is 7.98. The van der Waals surface area contributed by atoms with Crippen LogP contribution in [-0.2, 0) is 17.0 Å². The molecular weight excluding hydrogens is 494 g/mol. The second-order valence-electron chi connectivity index (χ2n) is 9.28. The number of rotatable bonds is 8. The minimum atomic E-state index is -0.420. The SMILES string of the molecule is CCc1ccc([C@H]2C(C(=O)Nc3ccc(OC)cc3)=C(C)Nc3nc(SCc4cccc(C)c4)nn32)cc1. The van der Waals surface area contributed by atoms with Gasteiger partial charge in [-0.3, -0.25) is 4.79 Å². The van der Waals surface area contributed by atoms with Crippen LogP contribution in [0.5, 0.6) is 5.75 Å². The van der Waals surface area contributed by atoms with Gasteiger partial charge in [0.2, 0.25) is 11.1 Å². The van der Waals surface area contributed by atoms with Crippen molar-refractivity contribution >= 4 is 29.3 Å². The lowest BCUT2D eigenvalue weighted by molar-refractivity contribution is -0.113. The molecule has 0 unspecified atom stereocenters. The summed E-state index contributed by atoms with van der Waals surface area (Å²) in [5.74, 6) is 1.92. The molecule has 0 radical (unpaired) electrons. The number of hydrogen-bond donors (Lipinski definition) is 2. The van der Waals surface area contributed by atoms with Gasteiger partial charge >= 0.3 is 0 Å². The second-order valence-corrected chi connectivity index (χ2v) is 10.2. The third-order valence-electron chi connectivity index (χ3n) is 6.58. The average Bonchev–Trinajstić information content (AvgIpc) is 3.34. The van der Waals surface area contributed by atoms with Crippen LogP contribution in [0.15, 0.2) is 89.2 Å². The zero-order valence-electron chi connectivity index (χ0n) is 22.0. The molecule has 4 aromatic rings. The van der Waals surface area contributed by atoms with Crippen LogP contribution in [0.2, 0.25) is 0 Å². The van der Waals surface area contributed by atoms with E-state index in [0.29, 0.717) is 22.4 Å². The van der Waals surface area contributed by atoms with E-state index in [1.807, 2.05) is 35.9 Å². The van der Waals surface area contributed by atoms with E-state index in [1.54, 1.807) is 18.9 Å². The Balaban J connectivity index is 1.47. The Morgan fingerprint density at radius 1 is 1.05 bits per heavy atom. The van der Waals surface area contributed by atoms with Crippen LogP contribution in [-0.4, -0.2) is 27.8 Å². The number of amides is 1. The molecule has 2 N–H and O–H groups in total. The first kappa shape index (κ1) is 25.6. The fourth-order valence-electron chi connectivity index (χ4n) is 4.55. The number of carbonyl (C=O) groups is 1. The number of nitrogens with one attached hydrogen (secondary N) is 2. The minimum absolute atomic E-state index is 0.195. The number of carbonyl (C=O) groups excluding carboxylic acids is 1. The first-order valence-electron chi connectivity index (χ1n) is 12.6. The smallest absolute Gasteiger partial charge is 0.255 e. The topological polar surface area (TPSA) is 81.1 Å². The van der Waals surface area contributed by atoms with Crippen LogP contribution in [0.4, 0.5) is 11.6 Å². The van der Waals surface area contributed by atoms with E-state index in [1.165, 1.54) is 16.7 Å². The Labute approximate surface area is 227 Å². The van der Waals surface area contributed by atoms with Gasteiger partial charge < -0.3 is 15.4 Å². The van der Waals surface area contributed by atoms with Gasteiger partial charge in [0.25, 0.3) is 5.91 Å². The highest BCUT2D eigenvalue weighted by Gasteiger charge is 2.34. The summed E-state index contributed by atoms with van der Waals surface area (Å²) in [6, 6.07) is 23.7. The number of ether oxygens (including phenoxy) is 1. The van der Waals surface area contributed by atoms with Crippen LogP contribution in [0.1, 0.15) is 42.1 Å². The van der Waals surface area contributed by atoms with Crippen molar-refractivity contribution in [1.82, 2.24) is 14.8 Å². The van der Waals surface area contributed by atoms with Crippen molar-refractivity contribution in [3.8, 4) is 5.75 Å². The van der Waals surface area contributed by atoms with Crippen molar-refractivity contribution in [3.05, 3.63) is 106 Å². The summed E-state index contributed by atoms with van der Waals surface area (Å²) in [5.41, 5.74) is 6.69. The van der Waals surface area contributed by atoms with Gasteiger partial charge in [0.1, 0.15) is 11.8 Å². The van der Waals surface area contributed by atoms with Crippen molar-refractivity contribution in [1.29, 1.82) is 0 Å². The fourth-order valence-corrected chi connectivity index (χ4v) is 5.33. The normalized spacial score (nSPS) is 14.6. The fraction of sp³-hybridized carbons (Fsp3) is 0.233. The predicted octanol–water partition coefficient (Wildman–Crippen LogP) is 6.38. The van der Waals surface area contributed by atoms with Gasteiger partial charge in [0.05, 0.1) is 12.7 Å². The van der Waals surface area contributed by atoms with Crippen molar-refractivity contribution in [2.24, 2.45) is 0 Å². The molecule has 0 spiro atoms. The lowest BCUT2D eigenvalue weighted by Crippen LogP contribution is -2.31. The molecule has 7 nitrogen and oxygen atoms in total. The Kier molecular flexibility index (Phi) is 7.51. The maximum absolute atomic E-state index is 13.7. The number of hydrogen-bond acceptors (Lipinski definition) is 6. The lowest BCUT2D eigenvalue weighted by atomic mass is 9.94. The summed E-state index contributed by atoms with van der Waals surface area (Å²) in [6.07, 6.45) is 0.945. The molecule has 38 heavy (non-hydrogen) atoms. The van der Waals surface area contributed by atoms with Gasteiger partial charge in [-0.1, -0.05) is 72.8 Å². The molecule has 1 aromatic heterocycles. The number of aromatic nitrogens is 3. The average molecular weight is 526 g/mol. The molecule has 1 aliphatic rings. The lowest BCUT2D eigenvalue weighted by Gasteiger charge is -2.28. The van der Waals surface area contributed by atoms with E-state index in [-0.39, 0.29) is 5.91 Å². The molecule has 0 bridgehead atoms. The molecule has 194 valence electrons. The standard InChI is InChI=1S/C30H31N5O2S/c1-5-21-9-11-23(12-10-21)27-26(28(36)32-24-13-15-25(37-4)16-14-24)20(3)31-29-33-30(34-35(27)29)38-18-22-8-6-7-19(2)17-22/h6-17,27H,5,18H2,1-4H3,(H,32,36)(H,31,33,34)/t27-/m0/s1. The maximum atomic E-state index is 13.7. The van der Waals surface area contributed by atoms with Crippen molar-refractivity contribution < 1.29 is 9.53 Å². The first-order valence-corrected chi connectivity index (χ1v) is 13.6. The summed E-state index contributed by atoms with van der Waals surface area (Å²) in [7, 11) is 1.62. The molecule has 1 aliphatic heterocycles. The molecule has 1 amide bonds. The van der Waals surface area contributed by atoms with E-state index in [4.69, 9.17) is 14.8 Å². The summed E-state index contributed by atoms with van der Waals surface area (Å²) in [5, 5.41) is 11.9. The first-order chi connectivity index (χ1) is 18.4. The largest absolute Gasteiger partial charge is 0.497 e. The number of anilines is 2. The van der Waals surface area contributed by atoms with Crippen molar-refractivity contribution in [2.45, 2.75) is 44.1 Å². The van der Waals surface area contributed by atoms with E-state index in [0.717, 1.165) is 29.2 Å². The minimum Gasteiger partial charge on any atom is -0.497 e. The van der Waals surface area contributed by atoms with Crippen LogP contribution in [0, 0.1) is 6.92 Å². The number of thioether (sulfide) groups is 1. The number of fused-ring (bicyclic) bond motifs is 1. The van der Waals surface area contributed by atoms with Crippen LogP contribution >= 0.6 is 11.8 Å². The van der Waals surface area contributed by atoms with E-state index < -0.39 is 6.04 Å². The van der Waals surface area contributed by atoms with E-state index in [2.05, 4.69) is 73.0 Å². The third-order valence-corrected chi connectivity index (χ3v) is 7.49. The molecule has 0 fully saturated rings. The molecule has 3 aromatic carbocycles. The number of benzene rings is 3. The molecular formula is C30H31N5O2S. The number of allylic oxidation sites excluding steroid dienone is 1. The Hall–Kier alpha value is -4.04. The van der Waals surface area contributed by atoms with Crippen LogP contribution < -0.4 is 15.4 Å². The Morgan fingerprint density at radius 2 is 1.82 bits per heavy atom. The van der Waals surface area contributed by atoms with Crippen molar-refractivity contribution in [2.75, 3.05) is 17.7 Å². The predicted molar refractivity (Wildman–Crippen MR) is 153 cm³/mol. The van der Waals surface area contributed by atoms with Gasteiger partial charge in [-0.15, -0.1) is 5.10 Å². The molecule has 1 atom stereocenters. The van der Waals surface area contributed by atoms with Crippen LogP contribution in [0.3, 0.4) is 0 Å². The summed E-state index contributed by atoms with van der Waals surface area (Å²) < 4.78 is 7.07. The van der Waals surface area contributed by atoms with Gasteiger partial charge in [0.15, 0.2) is 0 Å². The van der Waals surface area contributed by atoms with Crippen molar-refractivity contribution in [3.63, 3.8) is 0 Å². The molecule has 0 saturated heterocycles. The van der Waals surface area contributed by atoms with Gasteiger partial charge in [-0.25, -0.2) is 4.68 Å². The van der Waals surface area contributed by atoms with Gasteiger partial charge in [0, 0.05) is 17.1 Å². The van der Waals surface area contributed by atoms with E-state index in [9.17, 15) is 4.79 Å². The zero-order valence-corrected chi connectivity index (χ0v) is 22.8. The summed E-state index contributed by atoms with van der Waals surface area (Å²) in [6.45, 7) is 6.13. The Bertz CT molecular complexity index is 1480. The molecule has 8 heteroatoms. The number of methoxy groups -OCH3 is 1. The van der Waals surface area contributed by atoms with E-state index >= 15 is 0 Å². The van der Waals surface area contributed by atoms with Gasteiger partial charge in [-0.05, 0) is 61.2 Å². The zero-order chi connectivity index (χ0) is 26.6. The highest BCUT2D eigenvalue weighted by atomic mass is 32.2. The monoisotopic (exact) mass is 525 g/mol. The van der Waals surface area contributed by atoms with Crippen LogP contribution in [0.25, 0.3) is 0 Å². The molecule has 5 rings (SSSR count). The highest BCUT2D eigenvalue weighted by Crippen LogP contribution is 2.37. The second kappa shape index (κ2) is 11.1. The Morgan fingerprint density at radius 3 is 2.50 bits per heavy atom. The molecule has 0 saturated carbocycles. The van der Waals surface area contributed by atoms with Gasteiger partial charge in [-0.2, -0.15) is 4.98 Å².